The molecule has 2 aromatic rings. The molecule has 1 aromatic heterocycles. The third kappa shape index (κ3) is 3.26. The van der Waals surface area contributed by atoms with Crippen LogP contribution in [-0.2, 0) is 4.84 Å². The molecule has 20 heavy (non-hydrogen) atoms. The summed E-state index contributed by atoms with van der Waals surface area (Å²) in [6.45, 7) is 0. The van der Waals surface area contributed by atoms with Gasteiger partial charge in [0.05, 0.1) is 15.6 Å². The number of pyridine rings is 1. The van der Waals surface area contributed by atoms with Gasteiger partial charge >= 0.3 is 5.97 Å². The van der Waals surface area contributed by atoms with Gasteiger partial charge in [0.15, 0.2) is 5.84 Å². The molecular formula is C13H9Cl2N3O2. The first kappa shape index (κ1) is 14.3. The number of nitrogens with zero attached hydrogens (tertiary/aromatic N) is 2. The molecule has 0 unspecified atom stereocenters. The highest BCUT2D eigenvalue weighted by molar-refractivity contribution is 6.39. The maximum Gasteiger partial charge on any atom is 0.368 e. The number of amidine groups is 1. The zero-order valence-electron chi connectivity index (χ0n) is 10.1. The standard InChI is InChI=1S/C13H9Cl2N3O2/c14-8-4-3-5-9(15)11(8)13(19)20-18-12(16)10-6-1-2-7-17-10/h1-7H,(H2,16,18). The SMILES string of the molecule is N/C(=N/OC(=O)c1c(Cl)cccc1Cl)c1ccccn1. The summed E-state index contributed by atoms with van der Waals surface area (Å²) in [5.41, 5.74) is 6.07. The predicted molar refractivity (Wildman–Crippen MR) is 76.8 cm³/mol. The van der Waals surface area contributed by atoms with Crippen LogP contribution < -0.4 is 5.73 Å². The minimum absolute atomic E-state index is 0.0258. The van der Waals surface area contributed by atoms with Crippen molar-refractivity contribution in [2.24, 2.45) is 10.9 Å². The van der Waals surface area contributed by atoms with Gasteiger partial charge in [-0.3, -0.25) is 4.98 Å². The van der Waals surface area contributed by atoms with Crippen LogP contribution in [0.25, 0.3) is 0 Å². The average molecular weight is 310 g/mol. The molecule has 1 heterocycles. The highest BCUT2D eigenvalue weighted by Crippen LogP contribution is 2.24. The molecule has 102 valence electrons. The van der Waals surface area contributed by atoms with Crippen LogP contribution in [0.5, 0.6) is 0 Å². The zero-order valence-corrected chi connectivity index (χ0v) is 11.6. The summed E-state index contributed by atoms with van der Waals surface area (Å²) in [6.07, 6.45) is 1.55. The lowest BCUT2D eigenvalue weighted by atomic mass is 10.2. The first-order chi connectivity index (χ1) is 9.59. The summed E-state index contributed by atoms with van der Waals surface area (Å²) in [6, 6.07) is 9.76. The molecule has 0 saturated carbocycles. The molecule has 0 atom stereocenters. The number of hydrogen-bond acceptors (Lipinski definition) is 4. The van der Waals surface area contributed by atoms with Crippen molar-refractivity contribution in [2.75, 3.05) is 0 Å². The molecule has 5 nitrogen and oxygen atoms in total. The molecule has 0 aliphatic carbocycles. The fraction of sp³-hybridized carbons (Fsp3) is 0. The minimum atomic E-state index is -0.792. The Morgan fingerprint density at radius 3 is 2.45 bits per heavy atom. The molecule has 0 spiro atoms. The minimum Gasteiger partial charge on any atom is -0.379 e. The normalized spacial score (nSPS) is 11.2. The van der Waals surface area contributed by atoms with Gasteiger partial charge < -0.3 is 10.6 Å². The van der Waals surface area contributed by atoms with Crippen LogP contribution in [0.1, 0.15) is 16.1 Å². The van der Waals surface area contributed by atoms with Crippen LogP contribution in [0.4, 0.5) is 0 Å². The Balaban J connectivity index is 2.17. The van der Waals surface area contributed by atoms with Crippen molar-refractivity contribution in [2.45, 2.75) is 0 Å². The maximum atomic E-state index is 11.8. The average Bonchev–Trinajstić information content (AvgIpc) is 2.45. The molecule has 0 aliphatic rings. The molecule has 1 aromatic carbocycles. The van der Waals surface area contributed by atoms with Gasteiger partial charge in [-0.15, -0.1) is 0 Å². The Hall–Kier alpha value is -2.11. The third-order valence-electron chi connectivity index (χ3n) is 2.32. The highest BCUT2D eigenvalue weighted by atomic mass is 35.5. The molecule has 2 N–H and O–H groups in total. The number of nitrogens with two attached hydrogens (primary N) is 1. The van der Waals surface area contributed by atoms with Crippen LogP contribution >= 0.6 is 23.2 Å². The number of carbonyl (C=O) groups excluding carboxylic acids is 1. The fourth-order valence-electron chi connectivity index (χ4n) is 1.39. The van der Waals surface area contributed by atoms with E-state index < -0.39 is 5.97 Å². The van der Waals surface area contributed by atoms with E-state index in [1.165, 1.54) is 12.1 Å². The fourth-order valence-corrected chi connectivity index (χ4v) is 1.94. The first-order valence-corrected chi connectivity index (χ1v) is 6.25. The van der Waals surface area contributed by atoms with Crippen LogP contribution in [0, 0.1) is 0 Å². The number of rotatable bonds is 3. The molecule has 7 heteroatoms. The number of carbonyl (C=O) groups is 1. The summed E-state index contributed by atoms with van der Waals surface area (Å²) in [5.74, 6) is -0.818. The van der Waals surface area contributed by atoms with Gasteiger partial charge in [-0.2, -0.15) is 0 Å². The van der Waals surface area contributed by atoms with Crippen molar-refractivity contribution in [1.82, 2.24) is 4.98 Å². The summed E-state index contributed by atoms with van der Waals surface area (Å²) >= 11 is 11.8. The van der Waals surface area contributed by atoms with Gasteiger partial charge in [0.2, 0.25) is 0 Å². The largest absolute Gasteiger partial charge is 0.379 e. The van der Waals surface area contributed by atoms with Gasteiger partial charge in [-0.25, -0.2) is 4.79 Å². The molecule has 0 radical (unpaired) electrons. The van der Waals surface area contributed by atoms with E-state index in [0.29, 0.717) is 5.69 Å². The second-order valence-electron chi connectivity index (χ2n) is 3.67. The molecule has 0 bridgehead atoms. The van der Waals surface area contributed by atoms with Crippen molar-refractivity contribution in [3.8, 4) is 0 Å². The van der Waals surface area contributed by atoms with Crippen LogP contribution in [0.2, 0.25) is 10.0 Å². The molecule has 0 fully saturated rings. The number of aromatic nitrogens is 1. The second-order valence-corrected chi connectivity index (χ2v) is 4.48. The van der Waals surface area contributed by atoms with Crippen molar-refractivity contribution >= 4 is 35.0 Å². The molecule has 0 aliphatic heterocycles. The summed E-state index contributed by atoms with van der Waals surface area (Å²) in [7, 11) is 0. The zero-order chi connectivity index (χ0) is 14.5. The van der Waals surface area contributed by atoms with E-state index in [4.69, 9.17) is 33.8 Å². The maximum absolute atomic E-state index is 11.8. The van der Waals surface area contributed by atoms with E-state index in [9.17, 15) is 4.79 Å². The molecule has 0 amide bonds. The quantitative estimate of drug-likeness (QED) is 0.409. The van der Waals surface area contributed by atoms with E-state index >= 15 is 0 Å². The summed E-state index contributed by atoms with van der Waals surface area (Å²) < 4.78 is 0. The molecule has 2 rings (SSSR count). The van der Waals surface area contributed by atoms with Gasteiger partial charge in [0.1, 0.15) is 5.69 Å². The Labute approximate surface area is 125 Å². The van der Waals surface area contributed by atoms with Gasteiger partial charge in [-0.1, -0.05) is 40.5 Å². The van der Waals surface area contributed by atoms with E-state index in [1.54, 1.807) is 30.5 Å². The van der Waals surface area contributed by atoms with Crippen LogP contribution in [-0.4, -0.2) is 16.8 Å². The number of hydrogen-bond donors (Lipinski definition) is 1. The van der Waals surface area contributed by atoms with Crippen molar-refractivity contribution in [3.63, 3.8) is 0 Å². The smallest absolute Gasteiger partial charge is 0.368 e. The lowest BCUT2D eigenvalue weighted by molar-refractivity contribution is 0.0516. The summed E-state index contributed by atoms with van der Waals surface area (Å²) in [4.78, 5) is 20.5. The van der Waals surface area contributed by atoms with Crippen molar-refractivity contribution < 1.29 is 9.63 Å². The van der Waals surface area contributed by atoms with Crippen molar-refractivity contribution in [3.05, 3.63) is 63.9 Å². The van der Waals surface area contributed by atoms with Gasteiger partial charge in [0.25, 0.3) is 0 Å². The van der Waals surface area contributed by atoms with Gasteiger partial charge in [0, 0.05) is 6.20 Å². The van der Waals surface area contributed by atoms with Gasteiger partial charge in [-0.05, 0) is 24.3 Å². The molecular weight excluding hydrogens is 301 g/mol. The van der Waals surface area contributed by atoms with E-state index in [2.05, 4.69) is 10.1 Å². The van der Waals surface area contributed by atoms with E-state index in [0.717, 1.165) is 0 Å². The lowest BCUT2D eigenvalue weighted by Gasteiger charge is -2.04. The lowest BCUT2D eigenvalue weighted by Crippen LogP contribution is -2.16. The third-order valence-corrected chi connectivity index (χ3v) is 2.95. The van der Waals surface area contributed by atoms with E-state index in [1.807, 2.05) is 0 Å². The second kappa shape index (κ2) is 6.36. The molecule has 0 saturated heterocycles. The Bertz CT molecular complexity index is 640. The monoisotopic (exact) mass is 309 g/mol. The topological polar surface area (TPSA) is 77.6 Å². The van der Waals surface area contributed by atoms with Crippen LogP contribution in [0.15, 0.2) is 47.8 Å². The Morgan fingerprint density at radius 2 is 1.85 bits per heavy atom. The number of halogens is 2. The highest BCUT2D eigenvalue weighted by Gasteiger charge is 2.16. The van der Waals surface area contributed by atoms with Crippen LogP contribution in [0.3, 0.4) is 0 Å². The summed E-state index contributed by atoms with van der Waals surface area (Å²) in [5, 5.41) is 3.87. The Kier molecular flexibility index (Phi) is 4.55. The van der Waals surface area contributed by atoms with E-state index in [-0.39, 0.29) is 21.4 Å². The predicted octanol–water partition coefficient (Wildman–Crippen LogP) is 2.87. The number of oxime groups is 1. The van der Waals surface area contributed by atoms with Crippen molar-refractivity contribution in [1.29, 1.82) is 0 Å². The Morgan fingerprint density at radius 1 is 1.15 bits per heavy atom. The number of benzene rings is 1. The first-order valence-electron chi connectivity index (χ1n) is 5.50.